The molecular formula is C20H30O7. The molecule has 2 fully saturated rings. The van der Waals surface area contributed by atoms with E-state index in [1.165, 1.54) is 7.11 Å². The summed E-state index contributed by atoms with van der Waals surface area (Å²) >= 11 is 0. The maximum atomic E-state index is 12.1. The predicted molar refractivity (Wildman–Crippen MR) is 95.4 cm³/mol. The summed E-state index contributed by atoms with van der Waals surface area (Å²) in [7, 11) is 1.49. The molecule has 2 saturated carbocycles. The van der Waals surface area contributed by atoms with Crippen LogP contribution in [0.2, 0.25) is 0 Å². The first-order valence-corrected chi connectivity index (χ1v) is 9.65. The number of carbonyl (C=O) groups is 2. The molecule has 7 nitrogen and oxygen atoms in total. The minimum atomic E-state index is -1.86. The Kier molecular flexibility index (Phi) is 4.94. The number of hydrogen-bond acceptors (Lipinski definition) is 7. The van der Waals surface area contributed by atoms with Gasteiger partial charge in [0, 0.05) is 42.4 Å². The van der Waals surface area contributed by atoms with Gasteiger partial charge in [0.1, 0.15) is 6.10 Å². The van der Waals surface area contributed by atoms with Crippen molar-refractivity contribution in [2.24, 2.45) is 11.3 Å². The zero-order valence-corrected chi connectivity index (χ0v) is 16.7. The maximum absolute atomic E-state index is 12.1. The van der Waals surface area contributed by atoms with Crippen molar-refractivity contribution in [3.63, 3.8) is 0 Å². The van der Waals surface area contributed by atoms with Crippen molar-refractivity contribution >= 4 is 11.9 Å². The van der Waals surface area contributed by atoms with Crippen molar-refractivity contribution in [2.45, 2.75) is 83.4 Å². The molecule has 0 aromatic heterocycles. The zero-order chi connectivity index (χ0) is 20.2. The van der Waals surface area contributed by atoms with Gasteiger partial charge < -0.3 is 24.4 Å². The fraction of sp³-hybridized carbons (Fsp3) is 0.800. The summed E-state index contributed by atoms with van der Waals surface area (Å²) in [6.07, 6.45) is 0.623. The van der Waals surface area contributed by atoms with Gasteiger partial charge in [0.25, 0.3) is 0 Å². The standard InChI is InChI=1S/C20H30O7/c1-6-7-14(21)26-13-8-9-19(23)10-20(24)15(11(2)17(22)27-20)16(25-5)18(19,4)12(13)3/h12-13,16,23-24H,6-10H2,1-5H3. The van der Waals surface area contributed by atoms with Gasteiger partial charge in [-0.05, 0) is 26.2 Å². The third kappa shape index (κ3) is 2.74. The molecule has 0 radical (unpaired) electrons. The quantitative estimate of drug-likeness (QED) is 0.715. The van der Waals surface area contributed by atoms with Gasteiger partial charge >= 0.3 is 11.9 Å². The van der Waals surface area contributed by atoms with Crippen LogP contribution >= 0.6 is 0 Å². The molecule has 0 aromatic rings. The molecule has 152 valence electrons. The molecule has 1 aliphatic heterocycles. The largest absolute Gasteiger partial charge is 0.462 e. The number of hydrogen-bond donors (Lipinski definition) is 2. The molecule has 6 unspecified atom stereocenters. The highest BCUT2D eigenvalue weighted by Gasteiger charge is 2.70. The van der Waals surface area contributed by atoms with Crippen molar-refractivity contribution < 1.29 is 34.0 Å². The molecule has 0 spiro atoms. The van der Waals surface area contributed by atoms with E-state index in [2.05, 4.69) is 0 Å². The van der Waals surface area contributed by atoms with Crippen LogP contribution in [0.3, 0.4) is 0 Å². The summed E-state index contributed by atoms with van der Waals surface area (Å²) in [4.78, 5) is 24.2. The van der Waals surface area contributed by atoms with E-state index in [9.17, 15) is 19.8 Å². The molecule has 27 heavy (non-hydrogen) atoms. The summed E-state index contributed by atoms with van der Waals surface area (Å²) in [6.45, 7) is 7.33. The van der Waals surface area contributed by atoms with E-state index in [4.69, 9.17) is 14.2 Å². The second-order valence-corrected chi connectivity index (χ2v) is 8.43. The molecule has 2 aliphatic carbocycles. The summed E-state index contributed by atoms with van der Waals surface area (Å²) in [5.41, 5.74) is -1.52. The van der Waals surface area contributed by atoms with Gasteiger partial charge in [-0.1, -0.05) is 20.8 Å². The van der Waals surface area contributed by atoms with Gasteiger partial charge in [0.05, 0.1) is 11.7 Å². The predicted octanol–water partition coefficient (Wildman–Crippen LogP) is 1.85. The van der Waals surface area contributed by atoms with Crippen LogP contribution in [-0.4, -0.2) is 52.9 Å². The molecule has 0 saturated heterocycles. The van der Waals surface area contributed by atoms with E-state index < -0.39 is 28.9 Å². The fourth-order valence-corrected chi connectivity index (χ4v) is 5.34. The van der Waals surface area contributed by atoms with E-state index in [0.29, 0.717) is 36.8 Å². The van der Waals surface area contributed by atoms with Gasteiger partial charge in [0.2, 0.25) is 5.79 Å². The Morgan fingerprint density at radius 1 is 1.37 bits per heavy atom. The van der Waals surface area contributed by atoms with Gasteiger partial charge in [-0.15, -0.1) is 0 Å². The smallest absolute Gasteiger partial charge is 0.336 e. The van der Waals surface area contributed by atoms with Gasteiger partial charge in [-0.3, -0.25) is 4.79 Å². The summed E-state index contributed by atoms with van der Waals surface area (Å²) in [5.74, 6) is -2.96. The number of fused-ring (bicyclic) bond motifs is 2. The van der Waals surface area contributed by atoms with Gasteiger partial charge in [-0.2, -0.15) is 0 Å². The molecule has 2 N–H and O–H groups in total. The van der Waals surface area contributed by atoms with Crippen LogP contribution in [0.25, 0.3) is 0 Å². The van der Waals surface area contributed by atoms with Crippen molar-refractivity contribution in [2.75, 3.05) is 7.11 Å². The molecule has 0 aromatic carbocycles. The summed E-state index contributed by atoms with van der Waals surface area (Å²) in [6, 6.07) is 0. The zero-order valence-electron chi connectivity index (χ0n) is 16.7. The van der Waals surface area contributed by atoms with Crippen LogP contribution in [0.4, 0.5) is 0 Å². The third-order valence-corrected chi connectivity index (χ3v) is 7.05. The topological polar surface area (TPSA) is 102 Å². The molecular weight excluding hydrogens is 352 g/mol. The lowest BCUT2D eigenvalue weighted by atomic mass is 9.49. The Hall–Kier alpha value is -1.44. The normalized spacial score (nSPS) is 43.8. The molecule has 0 bridgehead atoms. The van der Waals surface area contributed by atoms with Crippen molar-refractivity contribution in [1.29, 1.82) is 0 Å². The minimum Gasteiger partial charge on any atom is -0.462 e. The number of rotatable bonds is 4. The van der Waals surface area contributed by atoms with Crippen molar-refractivity contribution in [1.82, 2.24) is 0 Å². The highest BCUT2D eigenvalue weighted by atomic mass is 16.7. The van der Waals surface area contributed by atoms with Crippen molar-refractivity contribution in [3.8, 4) is 0 Å². The first kappa shape index (κ1) is 20.3. The van der Waals surface area contributed by atoms with E-state index in [-0.39, 0.29) is 24.4 Å². The number of ether oxygens (including phenoxy) is 3. The Morgan fingerprint density at radius 3 is 2.63 bits per heavy atom. The fourth-order valence-electron chi connectivity index (χ4n) is 5.34. The van der Waals surface area contributed by atoms with Gasteiger partial charge in [-0.25, -0.2) is 4.79 Å². The van der Waals surface area contributed by atoms with E-state index >= 15 is 0 Å². The highest BCUT2D eigenvalue weighted by molar-refractivity contribution is 5.92. The highest BCUT2D eigenvalue weighted by Crippen LogP contribution is 2.62. The van der Waals surface area contributed by atoms with Crippen LogP contribution in [0, 0.1) is 11.3 Å². The average molecular weight is 382 g/mol. The number of aliphatic hydroxyl groups is 2. The Balaban J connectivity index is 2.03. The van der Waals surface area contributed by atoms with Crippen molar-refractivity contribution in [3.05, 3.63) is 11.1 Å². The minimum absolute atomic E-state index is 0.116. The Morgan fingerprint density at radius 2 is 2.04 bits per heavy atom. The number of methoxy groups -OCH3 is 1. The van der Waals surface area contributed by atoms with E-state index in [1.54, 1.807) is 6.92 Å². The van der Waals surface area contributed by atoms with Crippen LogP contribution in [0.1, 0.15) is 59.8 Å². The molecule has 0 amide bonds. The van der Waals surface area contributed by atoms with Crippen LogP contribution in [0.15, 0.2) is 11.1 Å². The van der Waals surface area contributed by atoms with Crippen LogP contribution in [0.5, 0.6) is 0 Å². The van der Waals surface area contributed by atoms with Gasteiger partial charge in [0.15, 0.2) is 0 Å². The van der Waals surface area contributed by atoms with E-state index in [0.717, 1.165) is 0 Å². The summed E-state index contributed by atoms with van der Waals surface area (Å²) in [5, 5.41) is 22.6. The number of carbonyl (C=O) groups excluding carboxylic acids is 2. The average Bonchev–Trinajstić information content (AvgIpc) is 2.80. The first-order valence-electron chi connectivity index (χ1n) is 9.65. The second kappa shape index (κ2) is 6.57. The molecule has 1 heterocycles. The molecule has 3 rings (SSSR count). The Labute approximate surface area is 159 Å². The Bertz CT molecular complexity index is 686. The lowest BCUT2D eigenvalue weighted by Crippen LogP contribution is -2.70. The SMILES string of the molecule is CCCC(=O)OC1CCC2(O)CC3(O)OC(=O)C(C)=C3C(OC)C2(C)C1C. The third-order valence-electron chi connectivity index (χ3n) is 7.05. The monoisotopic (exact) mass is 382 g/mol. The summed E-state index contributed by atoms with van der Waals surface area (Å²) < 4.78 is 16.7. The lowest BCUT2D eigenvalue weighted by molar-refractivity contribution is -0.286. The molecule has 6 atom stereocenters. The van der Waals surface area contributed by atoms with E-state index in [1.807, 2.05) is 20.8 Å². The number of esters is 2. The van der Waals surface area contributed by atoms with Crippen LogP contribution in [-0.2, 0) is 23.8 Å². The van der Waals surface area contributed by atoms with Crippen LogP contribution < -0.4 is 0 Å². The molecule has 7 heteroatoms. The first-order chi connectivity index (χ1) is 12.5. The second-order valence-electron chi connectivity index (χ2n) is 8.43. The maximum Gasteiger partial charge on any atom is 0.336 e. The lowest BCUT2D eigenvalue weighted by Gasteiger charge is -2.62. The molecule has 3 aliphatic rings.